The van der Waals surface area contributed by atoms with Crippen LogP contribution >= 0.6 is 0 Å². The van der Waals surface area contributed by atoms with E-state index in [2.05, 4.69) is 14.9 Å². The number of imidazole rings is 1. The molecule has 2 aliphatic rings. The highest BCUT2D eigenvalue weighted by Crippen LogP contribution is 2.30. The fourth-order valence-corrected chi connectivity index (χ4v) is 3.26. The fraction of sp³-hybridized carbons (Fsp3) is 0.750. The molecule has 6 nitrogen and oxygen atoms in total. The van der Waals surface area contributed by atoms with Gasteiger partial charge < -0.3 is 15.0 Å². The Balaban J connectivity index is 1.53. The standard InChI is InChI=1S/C16H26N4O2/c1-12-8-17-15(18-12)11-19-5-6-20(10-14(21)9-19)16(22)7-13-3-2-4-13/h8,13-14,21H,2-7,9-11H2,1H3,(H,17,18). The van der Waals surface area contributed by atoms with Crippen molar-refractivity contribution in [1.29, 1.82) is 0 Å². The Bertz CT molecular complexity index is 512. The number of aliphatic hydroxyl groups excluding tert-OH is 1. The van der Waals surface area contributed by atoms with Crippen molar-refractivity contribution >= 4 is 5.91 Å². The van der Waals surface area contributed by atoms with Crippen molar-refractivity contribution in [3.8, 4) is 0 Å². The molecule has 0 spiro atoms. The van der Waals surface area contributed by atoms with Gasteiger partial charge in [-0.2, -0.15) is 0 Å². The van der Waals surface area contributed by atoms with Crippen LogP contribution in [-0.4, -0.2) is 63.1 Å². The van der Waals surface area contributed by atoms with Gasteiger partial charge in [0.15, 0.2) is 0 Å². The van der Waals surface area contributed by atoms with E-state index in [0.29, 0.717) is 38.5 Å². The molecule has 1 saturated carbocycles. The number of H-pyrrole nitrogens is 1. The van der Waals surface area contributed by atoms with Crippen molar-refractivity contribution in [2.45, 2.75) is 45.3 Å². The molecule has 22 heavy (non-hydrogen) atoms. The second kappa shape index (κ2) is 6.79. The summed E-state index contributed by atoms with van der Waals surface area (Å²) in [5, 5.41) is 10.2. The van der Waals surface area contributed by atoms with E-state index in [4.69, 9.17) is 0 Å². The van der Waals surface area contributed by atoms with E-state index in [0.717, 1.165) is 18.1 Å². The molecule has 0 aromatic carbocycles. The molecule has 1 atom stereocenters. The van der Waals surface area contributed by atoms with E-state index in [9.17, 15) is 9.90 Å². The number of β-amino-alcohol motifs (C(OH)–C–C–N with tert-alkyl or cyclic N) is 1. The lowest BCUT2D eigenvalue weighted by Gasteiger charge is -2.28. The Kier molecular flexibility index (Phi) is 4.78. The summed E-state index contributed by atoms with van der Waals surface area (Å²) in [6.07, 6.45) is 5.63. The Hall–Kier alpha value is -1.40. The van der Waals surface area contributed by atoms with Crippen LogP contribution in [0.15, 0.2) is 6.20 Å². The van der Waals surface area contributed by atoms with Crippen molar-refractivity contribution in [3.63, 3.8) is 0 Å². The number of nitrogens with zero attached hydrogens (tertiary/aromatic N) is 3. The third-order valence-corrected chi connectivity index (χ3v) is 4.76. The zero-order chi connectivity index (χ0) is 15.5. The van der Waals surface area contributed by atoms with Crippen LogP contribution in [0.5, 0.6) is 0 Å². The van der Waals surface area contributed by atoms with Gasteiger partial charge >= 0.3 is 0 Å². The van der Waals surface area contributed by atoms with Gasteiger partial charge in [0.2, 0.25) is 5.91 Å². The molecular formula is C16H26N4O2. The van der Waals surface area contributed by atoms with E-state index in [1.54, 1.807) is 0 Å². The molecule has 1 aromatic rings. The third kappa shape index (κ3) is 3.87. The molecule has 3 rings (SSSR count). The summed E-state index contributed by atoms with van der Waals surface area (Å²) in [7, 11) is 0. The number of rotatable bonds is 4. The van der Waals surface area contributed by atoms with Gasteiger partial charge in [0.1, 0.15) is 5.82 Å². The molecule has 1 amide bonds. The molecule has 2 fully saturated rings. The summed E-state index contributed by atoms with van der Waals surface area (Å²) in [5.41, 5.74) is 1.04. The Morgan fingerprint density at radius 3 is 2.86 bits per heavy atom. The van der Waals surface area contributed by atoms with Gasteiger partial charge in [-0.3, -0.25) is 9.69 Å². The number of hydrogen-bond donors (Lipinski definition) is 2. The van der Waals surface area contributed by atoms with E-state index < -0.39 is 6.10 Å². The molecule has 1 saturated heterocycles. The summed E-state index contributed by atoms with van der Waals surface area (Å²) in [4.78, 5) is 23.9. The van der Waals surface area contributed by atoms with Gasteiger partial charge in [0.25, 0.3) is 0 Å². The molecule has 1 aromatic heterocycles. The molecule has 1 unspecified atom stereocenters. The van der Waals surface area contributed by atoms with Crippen molar-refractivity contribution < 1.29 is 9.90 Å². The average Bonchev–Trinajstić information content (AvgIpc) is 2.73. The number of hydrogen-bond acceptors (Lipinski definition) is 4. The Labute approximate surface area is 131 Å². The van der Waals surface area contributed by atoms with Crippen LogP contribution in [0.3, 0.4) is 0 Å². The van der Waals surface area contributed by atoms with Crippen LogP contribution in [0.1, 0.15) is 37.2 Å². The number of nitrogens with one attached hydrogen (secondary N) is 1. The molecule has 0 bridgehead atoms. The van der Waals surface area contributed by atoms with Crippen LogP contribution < -0.4 is 0 Å². The predicted octanol–water partition coefficient (Wildman–Crippen LogP) is 0.913. The number of aromatic nitrogens is 2. The number of carbonyl (C=O) groups is 1. The van der Waals surface area contributed by atoms with Gasteiger partial charge in [-0.25, -0.2) is 4.98 Å². The zero-order valence-electron chi connectivity index (χ0n) is 13.3. The third-order valence-electron chi connectivity index (χ3n) is 4.76. The SMILES string of the molecule is Cc1cnc(CN2CCN(C(=O)CC3CCC3)CC(O)C2)[nH]1. The first-order valence-electron chi connectivity index (χ1n) is 8.29. The lowest BCUT2D eigenvalue weighted by Crippen LogP contribution is -2.39. The van der Waals surface area contributed by atoms with Crippen molar-refractivity contribution in [3.05, 3.63) is 17.7 Å². The van der Waals surface area contributed by atoms with Gasteiger partial charge in [0.05, 0.1) is 12.6 Å². The Morgan fingerprint density at radius 1 is 1.41 bits per heavy atom. The number of carbonyl (C=O) groups excluding carboxylic acids is 1. The van der Waals surface area contributed by atoms with E-state index >= 15 is 0 Å². The first kappa shape index (κ1) is 15.5. The number of aliphatic hydroxyl groups is 1. The predicted molar refractivity (Wildman–Crippen MR) is 83.1 cm³/mol. The van der Waals surface area contributed by atoms with Gasteiger partial charge in [-0.05, 0) is 25.7 Å². The first-order chi connectivity index (χ1) is 10.6. The molecule has 6 heteroatoms. The molecular weight excluding hydrogens is 280 g/mol. The van der Waals surface area contributed by atoms with Crippen LogP contribution in [0, 0.1) is 12.8 Å². The summed E-state index contributed by atoms with van der Waals surface area (Å²) in [6, 6.07) is 0. The van der Waals surface area contributed by atoms with Crippen LogP contribution in [0.4, 0.5) is 0 Å². The van der Waals surface area contributed by atoms with Gasteiger partial charge in [0, 0.05) is 44.5 Å². The highest BCUT2D eigenvalue weighted by atomic mass is 16.3. The molecule has 122 valence electrons. The van der Waals surface area contributed by atoms with Crippen LogP contribution in [0.25, 0.3) is 0 Å². The normalized spacial score (nSPS) is 24.1. The molecule has 2 heterocycles. The fourth-order valence-electron chi connectivity index (χ4n) is 3.26. The second-order valence-electron chi connectivity index (χ2n) is 6.74. The van der Waals surface area contributed by atoms with Crippen molar-refractivity contribution in [2.24, 2.45) is 5.92 Å². The maximum Gasteiger partial charge on any atom is 0.222 e. The van der Waals surface area contributed by atoms with Crippen LogP contribution in [-0.2, 0) is 11.3 Å². The smallest absolute Gasteiger partial charge is 0.222 e. The minimum atomic E-state index is -0.483. The zero-order valence-corrected chi connectivity index (χ0v) is 13.3. The maximum absolute atomic E-state index is 12.3. The number of aromatic amines is 1. The van der Waals surface area contributed by atoms with Gasteiger partial charge in [-0.1, -0.05) is 6.42 Å². The van der Waals surface area contributed by atoms with Crippen molar-refractivity contribution in [1.82, 2.24) is 19.8 Å². The van der Waals surface area contributed by atoms with Crippen molar-refractivity contribution in [2.75, 3.05) is 26.2 Å². The van der Waals surface area contributed by atoms with Crippen LogP contribution in [0.2, 0.25) is 0 Å². The number of aryl methyl sites for hydroxylation is 1. The molecule has 1 aliphatic carbocycles. The summed E-state index contributed by atoms with van der Waals surface area (Å²) >= 11 is 0. The highest BCUT2D eigenvalue weighted by Gasteiger charge is 2.28. The summed E-state index contributed by atoms with van der Waals surface area (Å²) < 4.78 is 0. The average molecular weight is 306 g/mol. The summed E-state index contributed by atoms with van der Waals surface area (Å²) in [6.45, 7) is 5.20. The first-order valence-corrected chi connectivity index (χ1v) is 8.29. The molecule has 2 N–H and O–H groups in total. The van der Waals surface area contributed by atoms with Gasteiger partial charge in [-0.15, -0.1) is 0 Å². The molecule has 1 aliphatic heterocycles. The largest absolute Gasteiger partial charge is 0.390 e. The van der Waals surface area contributed by atoms with E-state index in [1.165, 1.54) is 19.3 Å². The number of amides is 1. The lowest BCUT2D eigenvalue weighted by atomic mass is 9.82. The monoisotopic (exact) mass is 306 g/mol. The Morgan fingerprint density at radius 2 is 2.23 bits per heavy atom. The lowest BCUT2D eigenvalue weighted by molar-refractivity contribution is -0.133. The minimum Gasteiger partial charge on any atom is -0.390 e. The second-order valence-corrected chi connectivity index (χ2v) is 6.74. The maximum atomic E-state index is 12.3. The highest BCUT2D eigenvalue weighted by molar-refractivity contribution is 5.76. The van der Waals surface area contributed by atoms with E-state index in [-0.39, 0.29) is 5.91 Å². The topological polar surface area (TPSA) is 72.5 Å². The summed E-state index contributed by atoms with van der Waals surface area (Å²) in [5.74, 6) is 1.70. The molecule has 0 radical (unpaired) electrons. The quantitative estimate of drug-likeness (QED) is 0.867. The minimum absolute atomic E-state index is 0.208. The van der Waals surface area contributed by atoms with E-state index in [1.807, 2.05) is 18.0 Å².